The molecule has 0 saturated heterocycles. The van der Waals surface area contributed by atoms with Crippen LogP contribution in [0.15, 0.2) is 54.6 Å². The fraction of sp³-hybridized carbons (Fsp3) is 0. The summed E-state index contributed by atoms with van der Waals surface area (Å²) in [6.07, 6.45) is 0. The average molecular weight is 293 g/mol. The Hall–Kier alpha value is -2.73. The van der Waals surface area contributed by atoms with E-state index in [0.29, 0.717) is 0 Å². The number of nitrogens with two attached hydrogens (primary N) is 1. The van der Waals surface area contributed by atoms with Crippen molar-refractivity contribution < 1.29 is 0 Å². The Morgan fingerprint density at radius 2 is 1.62 bits per heavy atom. The molecule has 21 heavy (non-hydrogen) atoms. The number of benzene rings is 2. The summed E-state index contributed by atoms with van der Waals surface area (Å²) >= 11 is 1.51. The van der Waals surface area contributed by atoms with Crippen LogP contribution in [-0.2, 0) is 0 Å². The van der Waals surface area contributed by atoms with Gasteiger partial charge >= 0.3 is 0 Å². The van der Waals surface area contributed by atoms with E-state index in [-0.39, 0.29) is 0 Å². The fourth-order valence-electron chi connectivity index (χ4n) is 2.13. The van der Waals surface area contributed by atoms with Gasteiger partial charge in [-0.15, -0.1) is 10.2 Å². The highest BCUT2D eigenvalue weighted by Crippen LogP contribution is 2.28. The standard InChI is InChI=1S/C15H11N5S/c16-12-8-6-11(7-9-12)14-19-20-13(17-18-15(20)21-14)10-4-2-1-3-5-10/h1-9H,16H2. The monoisotopic (exact) mass is 293 g/mol. The largest absolute Gasteiger partial charge is 0.399 e. The molecule has 0 radical (unpaired) electrons. The zero-order valence-electron chi connectivity index (χ0n) is 11.0. The lowest BCUT2D eigenvalue weighted by Crippen LogP contribution is -1.90. The van der Waals surface area contributed by atoms with Crippen molar-refractivity contribution in [2.24, 2.45) is 0 Å². The van der Waals surface area contributed by atoms with Gasteiger partial charge < -0.3 is 5.73 Å². The Morgan fingerprint density at radius 1 is 0.857 bits per heavy atom. The van der Waals surface area contributed by atoms with E-state index in [9.17, 15) is 0 Å². The number of rotatable bonds is 2. The highest BCUT2D eigenvalue weighted by molar-refractivity contribution is 7.19. The molecular formula is C15H11N5S. The maximum Gasteiger partial charge on any atom is 0.235 e. The van der Waals surface area contributed by atoms with Gasteiger partial charge in [0.2, 0.25) is 4.96 Å². The van der Waals surface area contributed by atoms with E-state index < -0.39 is 0 Å². The predicted octanol–water partition coefficient (Wildman–Crippen LogP) is 3.10. The summed E-state index contributed by atoms with van der Waals surface area (Å²) in [6.45, 7) is 0. The van der Waals surface area contributed by atoms with Gasteiger partial charge in [-0.05, 0) is 24.3 Å². The van der Waals surface area contributed by atoms with E-state index in [4.69, 9.17) is 5.73 Å². The lowest BCUT2D eigenvalue weighted by atomic mass is 10.2. The van der Waals surface area contributed by atoms with Crippen LogP contribution < -0.4 is 5.73 Å². The summed E-state index contributed by atoms with van der Waals surface area (Å²) in [4.78, 5) is 0.778. The number of nitrogens with zero attached hydrogens (tertiary/aromatic N) is 4. The molecular weight excluding hydrogens is 282 g/mol. The molecule has 0 bridgehead atoms. The Balaban J connectivity index is 1.84. The number of nitrogen functional groups attached to an aromatic ring is 1. The highest BCUT2D eigenvalue weighted by Gasteiger charge is 2.13. The van der Waals surface area contributed by atoms with Crippen LogP contribution in [0.5, 0.6) is 0 Å². The van der Waals surface area contributed by atoms with Crippen molar-refractivity contribution in [1.82, 2.24) is 19.8 Å². The zero-order chi connectivity index (χ0) is 14.2. The molecule has 6 heteroatoms. The molecule has 4 rings (SSSR count). The first-order valence-corrected chi connectivity index (χ1v) is 7.26. The van der Waals surface area contributed by atoms with Crippen molar-refractivity contribution >= 4 is 22.0 Å². The number of anilines is 1. The van der Waals surface area contributed by atoms with Gasteiger partial charge in [-0.1, -0.05) is 41.7 Å². The van der Waals surface area contributed by atoms with Crippen molar-refractivity contribution in [1.29, 1.82) is 0 Å². The van der Waals surface area contributed by atoms with Gasteiger partial charge in [0.25, 0.3) is 0 Å². The van der Waals surface area contributed by atoms with Gasteiger partial charge in [0.05, 0.1) is 0 Å². The molecule has 0 saturated carbocycles. The Labute approximate surface area is 124 Å². The van der Waals surface area contributed by atoms with Crippen LogP contribution in [0.25, 0.3) is 26.9 Å². The first-order valence-electron chi connectivity index (χ1n) is 6.45. The van der Waals surface area contributed by atoms with Crippen LogP contribution in [-0.4, -0.2) is 19.8 Å². The Kier molecular flexibility index (Phi) is 2.68. The summed E-state index contributed by atoms with van der Waals surface area (Å²) in [5.41, 5.74) is 8.48. The third-order valence-electron chi connectivity index (χ3n) is 3.18. The SMILES string of the molecule is Nc1ccc(-c2nn3c(-c4ccccc4)nnc3s2)cc1. The minimum atomic E-state index is 0.742. The van der Waals surface area contributed by atoms with Crippen molar-refractivity contribution in [2.75, 3.05) is 5.73 Å². The van der Waals surface area contributed by atoms with Crippen molar-refractivity contribution in [3.63, 3.8) is 0 Å². The molecule has 0 aliphatic rings. The third-order valence-corrected chi connectivity index (χ3v) is 4.13. The topological polar surface area (TPSA) is 69.1 Å². The second-order valence-electron chi connectivity index (χ2n) is 4.61. The highest BCUT2D eigenvalue weighted by atomic mass is 32.1. The molecule has 5 nitrogen and oxygen atoms in total. The van der Waals surface area contributed by atoms with Crippen LogP contribution in [0.3, 0.4) is 0 Å². The van der Waals surface area contributed by atoms with Crippen LogP contribution >= 0.6 is 11.3 Å². The summed E-state index contributed by atoms with van der Waals surface area (Å²) in [6, 6.07) is 17.6. The van der Waals surface area contributed by atoms with Gasteiger partial charge in [0.15, 0.2) is 5.82 Å². The molecule has 4 aromatic rings. The molecule has 0 amide bonds. The van der Waals surface area contributed by atoms with Gasteiger partial charge in [0, 0.05) is 16.8 Å². The molecule has 2 aromatic carbocycles. The normalized spacial score (nSPS) is 11.0. The van der Waals surface area contributed by atoms with Gasteiger partial charge in [-0.25, -0.2) is 0 Å². The number of hydrogen-bond acceptors (Lipinski definition) is 5. The predicted molar refractivity (Wildman–Crippen MR) is 83.9 cm³/mol. The average Bonchev–Trinajstić information content (AvgIpc) is 3.09. The molecule has 0 spiro atoms. The molecule has 0 aliphatic carbocycles. The maximum absolute atomic E-state index is 5.72. The van der Waals surface area contributed by atoms with E-state index in [1.54, 1.807) is 4.52 Å². The molecule has 0 atom stereocenters. The quantitative estimate of drug-likeness (QED) is 0.577. The van der Waals surface area contributed by atoms with E-state index in [2.05, 4.69) is 15.3 Å². The zero-order valence-corrected chi connectivity index (χ0v) is 11.8. The number of fused-ring (bicyclic) bond motifs is 1. The Bertz CT molecular complexity index is 893. The van der Waals surface area contributed by atoms with Gasteiger partial charge in [-0.3, -0.25) is 0 Å². The van der Waals surface area contributed by atoms with Crippen LogP contribution in [0, 0.1) is 0 Å². The summed E-state index contributed by atoms with van der Waals surface area (Å²) < 4.78 is 1.78. The summed E-state index contributed by atoms with van der Waals surface area (Å²) in [7, 11) is 0. The van der Waals surface area contributed by atoms with Gasteiger partial charge in [0.1, 0.15) is 5.01 Å². The number of aromatic nitrogens is 4. The van der Waals surface area contributed by atoms with Crippen LogP contribution in [0.1, 0.15) is 0 Å². The lowest BCUT2D eigenvalue weighted by molar-refractivity contribution is 0.971. The molecule has 2 aromatic heterocycles. The molecule has 0 fully saturated rings. The van der Waals surface area contributed by atoms with Crippen LogP contribution in [0.2, 0.25) is 0 Å². The summed E-state index contributed by atoms with van der Waals surface area (Å²) in [5, 5.41) is 13.9. The minimum absolute atomic E-state index is 0.742. The second-order valence-corrected chi connectivity index (χ2v) is 5.57. The molecule has 2 heterocycles. The van der Waals surface area contributed by atoms with E-state index >= 15 is 0 Å². The molecule has 0 aliphatic heterocycles. The fourth-order valence-corrected chi connectivity index (χ4v) is 2.97. The first-order chi connectivity index (χ1) is 10.3. The minimum Gasteiger partial charge on any atom is -0.399 e. The van der Waals surface area contributed by atoms with Gasteiger partial charge in [-0.2, -0.15) is 9.61 Å². The van der Waals surface area contributed by atoms with E-state index in [1.165, 1.54) is 11.3 Å². The Morgan fingerprint density at radius 3 is 2.38 bits per heavy atom. The van der Waals surface area contributed by atoms with Crippen LogP contribution in [0.4, 0.5) is 5.69 Å². The first kappa shape index (κ1) is 12.0. The lowest BCUT2D eigenvalue weighted by Gasteiger charge is -1.97. The van der Waals surface area contributed by atoms with Crippen molar-refractivity contribution in [3.05, 3.63) is 54.6 Å². The third kappa shape index (κ3) is 2.05. The van der Waals surface area contributed by atoms with Crippen molar-refractivity contribution in [3.8, 4) is 22.0 Å². The van der Waals surface area contributed by atoms with E-state index in [1.807, 2.05) is 54.6 Å². The second kappa shape index (κ2) is 4.68. The summed E-state index contributed by atoms with van der Waals surface area (Å²) in [5.74, 6) is 0.753. The molecule has 102 valence electrons. The number of hydrogen-bond donors (Lipinski definition) is 1. The van der Waals surface area contributed by atoms with Crippen molar-refractivity contribution in [2.45, 2.75) is 0 Å². The smallest absolute Gasteiger partial charge is 0.235 e. The molecule has 0 unspecified atom stereocenters. The van der Waals surface area contributed by atoms with E-state index in [0.717, 1.165) is 32.6 Å². The maximum atomic E-state index is 5.72. The molecule has 2 N–H and O–H groups in total.